The van der Waals surface area contributed by atoms with Gasteiger partial charge in [0.25, 0.3) is 0 Å². The summed E-state index contributed by atoms with van der Waals surface area (Å²) in [6.07, 6.45) is 3.54. The second-order valence-electron chi connectivity index (χ2n) is 10.0. The van der Waals surface area contributed by atoms with Gasteiger partial charge in [-0.3, -0.25) is 0 Å². The van der Waals surface area contributed by atoms with E-state index in [1.54, 1.807) is 12.4 Å². The summed E-state index contributed by atoms with van der Waals surface area (Å²) < 4.78 is 14.1. The first-order valence-corrected chi connectivity index (χ1v) is 11.0. The molecule has 0 spiro atoms. The lowest BCUT2D eigenvalue weighted by Crippen LogP contribution is -2.60. The third kappa shape index (κ3) is 4.84. The fourth-order valence-corrected chi connectivity index (χ4v) is 5.24. The zero-order valence-electron chi connectivity index (χ0n) is 19.0. The van der Waals surface area contributed by atoms with Crippen LogP contribution in [-0.4, -0.2) is 53.3 Å². The van der Waals surface area contributed by atoms with E-state index in [-0.39, 0.29) is 22.9 Å². The van der Waals surface area contributed by atoms with Crippen LogP contribution in [0.3, 0.4) is 0 Å². The van der Waals surface area contributed by atoms with E-state index >= 15 is 0 Å². The highest BCUT2D eigenvalue weighted by Crippen LogP contribution is 2.33. The van der Waals surface area contributed by atoms with Crippen molar-refractivity contribution in [3.63, 3.8) is 0 Å². The third-order valence-electron chi connectivity index (χ3n) is 6.17. The Hall–Kier alpha value is -2.61. The number of rotatable bonds is 4. The molecule has 0 aliphatic carbocycles. The van der Waals surface area contributed by atoms with Crippen LogP contribution in [-0.2, 0) is 0 Å². The maximum atomic E-state index is 14.1. The Balaban J connectivity index is 1.45. The molecule has 0 atom stereocenters. The maximum Gasteiger partial charge on any atom is 0.157 e. The minimum Gasteiger partial charge on any atom is -0.393 e. The van der Waals surface area contributed by atoms with Crippen molar-refractivity contribution in [1.82, 2.24) is 15.3 Å². The highest BCUT2D eigenvalue weighted by molar-refractivity contribution is 5.75. The number of nitrogen functional groups attached to an aromatic ring is 1. The molecule has 0 radical (unpaired) electrons. The second-order valence-corrected chi connectivity index (χ2v) is 10.0. The van der Waals surface area contributed by atoms with Crippen LogP contribution in [0.15, 0.2) is 30.6 Å². The largest absolute Gasteiger partial charge is 0.393 e. The molecule has 0 bridgehead atoms. The first-order chi connectivity index (χ1) is 14.6. The van der Waals surface area contributed by atoms with Gasteiger partial charge >= 0.3 is 0 Å². The molecule has 0 unspecified atom stereocenters. The predicted octanol–water partition coefficient (Wildman–Crippen LogP) is 3.25. The van der Waals surface area contributed by atoms with Crippen molar-refractivity contribution >= 4 is 23.0 Å². The monoisotopic (exact) mass is 427 g/mol. The van der Waals surface area contributed by atoms with E-state index in [0.29, 0.717) is 30.3 Å². The number of piperidine rings is 1. The summed E-state index contributed by atoms with van der Waals surface area (Å²) in [4.78, 5) is 13.1. The average Bonchev–Trinajstić information content (AvgIpc) is 2.68. The summed E-state index contributed by atoms with van der Waals surface area (Å²) in [5, 5.41) is 7.28. The van der Waals surface area contributed by atoms with Crippen LogP contribution in [0.4, 0.5) is 27.4 Å². The molecular weight excluding hydrogens is 393 g/mol. The Labute approximate surface area is 184 Å². The van der Waals surface area contributed by atoms with E-state index in [4.69, 9.17) is 5.73 Å². The van der Waals surface area contributed by atoms with Crippen molar-refractivity contribution in [2.75, 3.05) is 47.0 Å². The van der Waals surface area contributed by atoms with Crippen LogP contribution in [0.1, 0.15) is 40.5 Å². The van der Waals surface area contributed by atoms with Crippen molar-refractivity contribution in [2.45, 2.75) is 57.7 Å². The SMILES string of the molecule is CC1(C)CC(Nc2ncnc(N3CCN(c4ccccc4F)CC3)c2N)CC(C)(C)N1. The van der Waals surface area contributed by atoms with Crippen LogP contribution in [0.25, 0.3) is 0 Å². The number of halogens is 1. The van der Waals surface area contributed by atoms with Gasteiger partial charge in [-0.1, -0.05) is 12.1 Å². The Kier molecular flexibility index (Phi) is 5.68. The topological polar surface area (TPSA) is 82.3 Å². The molecule has 1 aromatic heterocycles. The van der Waals surface area contributed by atoms with Gasteiger partial charge in [-0.2, -0.15) is 0 Å². The summed E-state index contributed by atoms with van der Waals surface area (Å²) in [5.41, 5.74) is 7.82. The van der Waals surface area contributed by atoms with Crippen LogP contribution in [0.2, 0.25) is 0 Å². The van der Waals surface area contributed by atoms with Gasteiger partial charge in [-0.25, -0.2) is 14.4 Å². The predicted molar refractivity (Wildman–Crippen MR) is 125 cm³/mol. The lowest BCUT2D eigenvalue weighted by Gasteiger charge is -2.46. The molecule has 31 heavy (non-hydrogen) atoms. The molecular formula is C23H34FN7. The van der Waals surface area contributed by atoms with Gasteiger partial charge in [0.1, 0.15) is 17.8 Å². The number of hydrogen-bond acceptors (Lipinski definition) is 7. The number of hydrogen-bond donors (Lipinski definition) is 3. The number of nitrogens with zero attached hydrogens (tertiary/aromatic N) is 4. The first kappa shape index (κ1) is 21.6. The minimum absolute atomic E-state index is 0.0348. The molecule has 0 amide bonds. The first-order valence-electron chi connectivity index (χ1n) is 11.0. The second kappa shape index (κ2) is 8.15. The van der Waals surface area contributed by atoms with Gasteiger partial charge in [0.2, 0.25) is 0 Å². The van der Waals surface area contributed by atoms with E-state index in [1.165, 1.54) is 6.07 Å². The van der Waals surface area contributed by atoms with Crippen molar-refractivity contribution in [3.05, 3.63) is 36.4 Å². The van der Waals surface area contributed by atoms with Gasteiger partial charge in [-0.15, -0.1) is 0 Å². The molecule has 2 fully saturated rings. The Morgan fingerprint density at radius 2 is 1.61 bits per heavy atom. The lowest BCUT2D eigenvalue weighted by molar-refractivity contribution is 0.170. The number of aromatic nitrogens is 2. The van der Waals surface area contributed by atoms with Gasteiger partial charge in [0.05, 0.1) is 5.69 Å². The Morgan fingerprint density at radius 3 is 2.26 bits per heavy atom. The molecule has 2 aliphatic rings. The number of nitrogens with two attached hydrogens (primary N) is 1. The molecule has 4 N–H and O–H groups in total. The van der Waals surface area contributed by atoms with Crippen LogP contribution < -0.4 is 26.2 Å². The molecule has 0 saturated carbocycles. The molecule has 3 heterocycles. The summed E-state index contributed by atoms with van der Waals surface area (Å²) >= 11 is 0. The van der Waals surface area contributed by atoms with Crippen LogP contribution in [0.5, 0.6) is 0 Å². The molecule has 168 valence electrons. The zero-order chi connectivity index (χ0) is 22.2. The molecule has 8 heteroatoms. The fourth-order valence-electron chi connectivity index (χ4n) is 5.24. The van der Waals surface area contributed by atoms with Crippen LogP contribution in [0, 0.1) is 5.82 Å². The van der Waals surface area contributed by atoms with E-state index in [9.17, 15) is 4.39 Å². The lowest BCUT2D eigenvalue weighted by atomic mass is 9.79. The van der Waals surface area contributed by atoms with E-state index < -0.39 is 0 Å². The van der Waals surface area contributed by atoms with E-state index in [2.05, 4.69) is 58.1 Å². The number of para-hydroxylation sites is 1. The summed E-state index contributed by atoms with van der Waals surface area (Å²) in [6.45, 7) is 11.8. The van der Waals surface area contributed by atoms with E-state index in [1.807, 2.05) is 12.1 Å². The molecule has 2 aliphatic heterocycles. The number of anilines is 4. The molecule has 1 aromatic carbocycles. The maximum absolute atomic E-state index is 14.1. The average molecular weight is 428 g/mol. The van der Waals surface area contributed by atoms with Crippen LogP contribution >= 0.6 is 0 Å². The molecule has 2 saturated heterocycles. The Bertz CT molecular complexity index is 906. The Morgan fingerprint density at radius 1 is 1.00 bits per heavy atom. The summed E-state index contributed by atoms with van der Waals surface area (Å²) in [6, 6.07) is 7.19. The zero-order valence-corrected chi connectivity index (χ0v) is 19.0. The van der Waals surface area contributed by atoms with Gasteiger partial charge in [0, 0.05) is 43.3 Å². The minimum atomic E-state index is -0.184. The van der Waals surface area contributed by atoms with Gasteiger partial charge in [-0.05, 0) is 52.7 Å². The highest BCUT2D eigenvalue weighted by atomic mass is 19.1. The number of nitrogens with one attached hydrogen (secondary N) is 2. The quantitative estimate of drug-likeness (QED) is 0.691. The van der Waals surface area contributed by atoms with Crippen molar-refractivity contribution < 1.29 is 4.39 Å². The van der Waals surface area contributed by atoms with Crippen molar-refractivity contribution in [1.29, 1.82) is 0 Å². The number of benzene rings is 1. The normalized spacial score (nSPS) is 21.2. The van der Waals surface area contributed by atoms with E-state index in [0.717, 1.165) is 31.7 Å². The van der Waals surface area contributed by atoms with Crippen molar-refractivity contribution in [2.24, 2.45) is 0 Å². The highest BCUT2D eigenvalue weighted by Gasteiger charge is 2.38. The fraction of sp³-hybridized carbons (Fsp3) is 0.565. The van der Waals surface area contributed by atoms with Crippen molar-refractivity contribution in [3.8, 4) is 0 Å². The third-order valence-corrected chi connectivity index (χ3v) is 6.17. The number of piperazine rings is 1. The summed E-state index contributed by atoms with van der Waals surface area (Å²) in [7, 11) is 0. The molecule has 4 rings (SSSR count). The summed E-state index contributed by atoms with van der Waals surface area (Å²) in [5.74, 6) is 1.26. The van der Waals surface area contributed by atoms with Gasteiger partial charge in [0.15, 0.2) is 11.6 Å². The molecule has 7 nitrogen and oxygen atoms in total. The smallest absolute Gasteiger partial charge is 0.157 e. The van der Waals surface area contributed by atoms with Gasteiger partial charge < -0.3 is 26.2 Å². The standard InChI is InChI=1S/C23H34FN7/c1-22(2)13-16(14-23(3,4)29-22)28-20-19(25)21(27-15-26-20)31-11-9-30(10-12-31)18-8-6-5-7-17(18)24/h5-8,15-16,29H,9-14,25H2,1-4H3,(H,26,27,28). The molecule has 2 aromatic rings.